The van der Waals surface area contributed by atoms with E-state index in [9.17, 15) is 5.11 Å². The summed E-state index contributed by atoms with van der Waals surface area (Å²) in [5, 5.41) is 9.47. The molecule has 0 radical (unpaired) electrons. The molecule has 118 valence electrons. The van der Waals surface area contributed by atoms with Crippen LogP contribution < -0.4 is 19.9 Å². The smallest absolute Gasteiger partial charge is 0.203 e. The fourth-order valence-electron chi connectivity index (χ4n) is 3.07. The number of ether oxygens (including phenoxy) is 3. The van der Waals surface area contributed by atoms with Crippen LogP contribution in [0.3, 0.4) is 0 Å². The summed E-state index contributed by atoms with van der Waals surface area (Å²) in [6, 6.07) is 5.54. The van der Waals surface area contributed by atoms with Gasteiger partial charge in [0.15, 0.2) is 11.5 Å². The molecule has 1 aliphatic carbocycles. The maximum absolute atomic E-state index is 9.47. The van der Waals surface area contributed by atoms with Gasteiger partial charge in [0, 0.05) is 5.54 Å². The summed E-state index contributed by atoms with van der Waals surface area (Å²) in [4.78, 5) is 0. The SMILES string of the molecule is COc1cccc(OC)c1OCCC1CCCC1(N)CO. The third-order valence-corrected chi connectivity index (χ3v) is 4.40. The average molecular weight is 295 g/mol. The van der Waals surface area contributed by atoms with Gasteiger partial charge in [0.05, 0.1) is 27.4 Å². The van der Waals surface area contributed by atoms with Crippen molar-refractivity contribution in [3.63, 3.8) is 0 Å². The van der Waals surface area contributed by atoms with Crippen LogP contribution in [0.1, 0.15) is 25.7 Å². The summed E-state index contributed by atoms with van der Waals surface area (Å²) in [7, 11) is 3.21. The molecular weight excluding hydrogens is 270 g/mol. The first-order valence-electron chi connectivity index (χ1n) is 7.38. The molecule has 1 fully saturated rings. The minimum atomic E-state index is -0.450. The van der Waals surface area contributed by atoms with Gasteiger partial charge in [0.1, 0.15) is 0 Å². The highest BCUT2D eigenvalue weighted by Gasteiger charge is 2.38. The van der Waals surface area contributed by atoms with Crippen LogP contribution in [0.15, 0.2) is 18.2 Å². The molecule has 5 heteroatoms. The van der Waals surface area contributed by atoms with Crippen molar-refractivity contribution in [2.45, 2.75) is 31.2 Å². The summed E-state index contributed by atoms with van der Waals surface area (Å²) in [5.74, 6) is 2.22. The molecule has 0 bridgehead atoms. The molecule has 1 saturated carbocycles. The number of methoxy groups -OCH3 is 2. The highest BCUT2D eigenvalue weighted by molar-refractivity contribution is 5.51. The quantitative estimate of drug-likeness (QED) is 0.804. The molecule has 5 nitrogen and oxygen atoms in total. The second-order valence-corrected chi connectivity index (χ2v) is 5.61. The number of aliphatic hydroxyl groups excluding tert-OH is 1. The molecule has 0 amide bonds. The fraction of sp³-hybridized carbons (Fsp3) is 0.625. The molecule has 2 rings (SSSR count). The van der Waals surface area contributed by atoms with E-state index in [0.717, 1.165) is 25.7 Å². The number of benzene rings is 1. The Morgan fingerprint density at radius 2 is 1.95 bits per heavy atom. The number of hydrogen-bond donors (Lipinski definition) is 2. The van der Waals surface area contributed by atoms with Crippen molar-refractivity contribution in [1.82, 2.24) is 0 Å². The Bertz CT molecular complexity index is 443. The molecule has 0 aliphatic heterocycles. The average Bonchev–Trinajstić information content (AvgIpc) is 2.89. The van der Waals surface area contributed by atoms with E-state index in [0.29, 0.717) is 29.8 Å². The number of hydrogen-bond acceptors (Lipinski definition) is 5. The Balaban J connectivity index is 1.97. The van der Waals surface area contributed by atoms with Gasteiger partial charge in [-0.15, -0.1) is 0 Å². The number of nitrogens with two attached hydrogens (primary N) is 1. The highest BCUT2D eigenvalue weighted by atomic mass is 16.5. The van der Waals surface area contributed by atoms with E-state index in [1.54, 1.807) is 14.2 Å². The van der Waals surface area contributed by atoms with Gasteiger partial charge in [-0.05, 0) is 37.3 Å². The lowest BCUT2D eigenvalue weighted by molar-refractivity contribution is 0.141. The van der Waals surface area contributed by atoms with Crippen LogP contribution in [0.25, 0.3) is 0 Å². The van der Waals surface area contributed by atoms with Crippen molar-refractivity contribution < 1.29 is 19.3 Å². The zero-order chi connectivity index (χ0) is 15.3. The molecule has 0 spiro atoms. The van der Waals surface area contributed by atoms with Crippen LogP contribution in [0.5, 0.6) is 17.2 Å². The van der Waals surface area contributed by atoms with Crippen LogP contribution in [-0.2, 0) is 0 Å². The topological polar surface area (TPSA) is 73.9 Å². The lowest BCUT2D eigenvalue weighted by Crippen LogP contribution is -2.47. The zero-order valence-electron chi connectivity index (χ0n) is 12.8. The first-order valence-corrected chi connectivity index (χ1v) is 7.38. The Labute approximate surface area is 126 Å². The molecule has 2 atom stereocenters. The van der Waals surface area contributed by atoms with Crippen molar-refractivity contribution >= 4 is 0 Å². The molecule has 1 aromatic carbocycles. The van der Waals surface area contributed by atoms with E-state index >= 15 is 0 Å². The summed E-state index contributed by atoms with van der Waals surface area (Å²) < 4.78 is 16.5. The summed E-state index contributed by atoms with van der Waals surface area (Å²) in [5.41, 5.74) is 5.79. The standard InChI is InChI=1S/C16H25NO4/c1-19-13-6-3-7-14(20-2)15(13)21-10-8-12-5-4-9-16(12,17)11-18/h3,6-7,12,18H,4-5,8-11,17H2,1-2H3. The van der Waals surface area contributed by atoms with E-state index in [1.165, 1.54) is 0 Å². The molecule has 0 heterocycles. The van der Waals surface area contributed by atoms with E-state index in [2.05, 4.69) is 0 Å². The van der Waals surface area contributed by atoms with Crippen molar-refractivity contribution in [2.24, 2.45) is 11.7 Å². The van der Waals surface area contributed by atoms with Gasteiger partial charge in [0.25, 0.3) is 0 Å². The number of aliphatic hydroxyl groups is 1. The second-order valence-electron chi connectivity index (χ2n) is 5.61. The maximum Gasteiger partial charge on any atom is 0.203 e. The Morgan fingerprint density at radius 3 is 2.52 bits per heavy atom. The normalized spacial score (nSPS) is 24.9. The largest absolute Gasteiger partial charge is 0.493 e. The van der Waals surface area contributed by atoms with Gasteiger partial charge in [0.2, 0.25) is 5.75 Å². The minimum Gasteiger partial charge on any atom is -0.493 e. The van der Waals surface area contributed by atoms with Gasteiger partial charge in [-0.2, -0.15) is 0 Å². The van der Waals surface area contributed by atoms with E-state index in [1.807, 2.05) is 18.2 Å². The third kappa shape index (κ3) is 3.41. The van der Waals surface area contributed by atoms with E-state index in [-0.39, 0.29) is 6.61 Å². The monoisotopic (exact) mass is 295 g/mol. The lowest BCUT2D eigenvalue weighted by atomic mass is 9.87. The molecule has 3 N–H and O–H groups in total. The van der Waals surface area contributed by atoms with Crippen LogP contribution in [0.2, 0.25) is 0 Å². The molecule has 0 aromatic heterocycles. The Kier molecular flexibility index (Phi) is 5.31. The van der Waals surface area contributed by atoms with Crippen LogP contribution in [-0.4, -0.2) is 38.1 Å². The Morgan fingerprint density at radius 1 is 1.29 bits per heavy atom. The van der Waals surface area contributed by atoms with Gasteiger partial charge >= 0.3 is 0 Å². The first-order chi connectivity index (χ1) is 10.1. The first kappa shape index (κ1) is 15.9. The van der Waals surface area contributed by atoms with E-state index in [4.69, 9.17) is 19.9 Å². The van der Waals surface area contributed by atoms with Gasteiger partial charge < -0.3 is 25.1 Å². The minimum absolute atomic E-state index is 0.0373. The lowest BCUT2D eigenvalue weighted by Gasteiger charge is -2.29. The van der Waals surface area contributed by atoms with Crippen molar-refractivity contribution in [3.05, 3.63) is 18.2 Å². The van der Waals surface area contributed by atoms with Gasteiger partial charge in [-0.3, -0.25) is 0 Å². The Hall–Kier alpha value is -1.46. The maximum atomic E-state index is 9.47. The third-order valence-electron chi connectivity index (χ3n) is 4.40. The number of rotatable bonds is 7. The summed E-state index contributed by atoms with van der Waals surface area (Å²) in [6.07, 6.45) is 3.81. The number of para-hydroxylation sites is 1. The van der Waals surface area contributed by atoms with Crippen molar-refractivity contribution in [2.75, 3.05) is 27.4 Å². The van der Waals surface area contributed by atoms with Crippen LogP contribution in [0, 0.1) is 5.92 Å². The predicted molar refractivity (Wildman–Crippen MR) is 81.0 cm³/mol. The zero-order valence-corrected chi connectivity index (χ0v) is 12.8. The summed E-state index contributed by atoms with van der Waals surface area (Å²) in [6.45, 7) is 0.565. The molecule has 2 unspecified atom stereocenters. The molecule has 0 saturated heterocycles. The molecule has 21 heavy (non-hydrogen) atoms. The summed E-state index contributed by atoms with van der Waals surface area (Å²) >= 11 is 0. The fourth-order valence-corrected chi connectivity index (χ4v) is 3.07. The molecule has 1 aromatic rings. The van der Waals surface area contributed by atoms with Crippen LogP contribution >= 0.6 is 0 Å². The molecular formula is C16H25NO4. The molecule has 1 aliphatic rings. The van der Waals surface area contributed by atoms with E-state index < -0.39 is 5.54 Å². The van der Waals surface area contributed by atoms with Crippen molar-refractivity contribution in [1.29, 1.82) is 0 Å². The van der Waals surface area contributed by atoms with Crippen molar-refractivity contribution in [3.8, 4) is 17.2 Å². The highest BCUT2D eigenvalue weighted by Crippen LogP contribution is 2.39. The van der Waals surface area contributed by atoms with Gasteiger partial charge in [-0.25, -0.2) is 0 Å². The van der Waals surface area contributed by atoms with Gasteiger partial charge in [-0.1, -0.05) is 12.5 Å². The predicted octanol–water partition coefficient (Wildman–Crippen LogP) is 1.96. The second kappa shape index (κ2) is 7.00. The van der Waals surface area contributed by atoms with Crippen LogP contribution in [0.4, 0.5) is 0 Å².